The monoisotopic (exact) mass is 1000 g/mol. The summed E-state index contributed by atoms with van der Waals surface area (Å²) in [5.74, 6) is 2.26. The van der Waals surface area contributed by atoms with Crippen LogP contribution >= 0.6 is 0 Å². The molecule has 63 heavy (non-hydrogen) atoms. The second-order valence-corrected chi connectivity index (χ2v) is 18.4. The molecule has 4 aliphatic rings. The van der Waals surface area contributed by atoms with Gasteiger partial charge in [0, 0.05) is 11.6 Å². The van der Waals surface area contributed by atoms with Crippen molar-refractivity contribution in [1.82, 2.24) is 23.5 Å². The molecule has 4 bridgehead atoms. The first-order valence-corrected chi connectivity index (χ1v) is 22.9. The van der Waals surface area contributed by atoms with E-state index in [0.29, 0.717) is 5.75 Å². The normalized spacial score (nSPS) is 12.9. The molecule has 2 aliphatic carbocycles. The first-order chi connectivity index (χ1) is 30.7. The summed E-state index contributed by atoms with van der Waals surface area (Å²) >= 11 is 2.48. The molecule has 0 saturated heterocycles. The van der Waals surface area contributed by atoms with Crippen LogP contribution in [-0.2, 0) is 50.5 Å². The fraction of sp³-hybridized carbons (Fsp3) is 0.161. The molecule has 0 atom stereocenters. The summed E-state index contributed by atoms with van der Waals surface area (Å²) < 4.78 is 14.9. The van der Waals surface area contributed by atoms with Crippen molar-refractivity contribution >= 4 is 27.3 Å². The summed E-state index contributed by atoms with van der Waals surface area (Å²) in [5.41, 5.74) is 17.3. The van der Waals surface area contributed by atoms with E-state index in [2.05, 4.69) is 206 Å². The minimum absolute atomic E-state index is 0.228. The number of hydrogen-bond acceptors (Lipinski definition) is 3. The van der Waals surface area contributed by atoms with Gasteiger partial charge in [0.05, 0.1) is 0 Å². The van der Waals surface area contributed by atoms with Crippen molar-refractivity contribution < 1.29 is 24.1 Å². The molecular formula is C56H47N5OPt. The molecule has 0 radical (unpaired) electrons. The zero-order chi connectivity index (χ0) is 42.8. The van der Waals surface area contributed by atoms with E-state index in [-0.39, 0.29) is 5.41 Å². The standard InChI is InChI=1S/C56H47N5O.Pt/c1-37-38(2)40-16-15-39(37)17-18-42-20-23-46(22-19-40)60-36-59(35-54(42)60)47-31-49(34-57-33-47)62-48-24-25-50-51-29-43(41-11-7-5-8-12-41)21-26-52(51)61(53(50)32-48)55-30-45(27-28-58-55)56(3,4)44-13-9-6-10-14-44;/h5-16,20-21,23-35H,17-19,22H2,1-4H3;. The van der Waals surface area contributed by atoms with Crippen molar-refractivity contribution in [2.24, 2.45) is 0 Å². The van der Waals surface area contributed by atoms with Gasteiger partial charge in [-0.05, 0) is 28.3 Å². The van der Waals surface area contributed by atoms with Gasteiger partial charge >= 0.3 is 260 Å². The number of hydrogen-bond donors (Lipinski definition) is 0. The quantitative estimate of drug-likeness (QED) is 0.160. The topological polar surface area (TPSA) is 49.3 Å². The molecule has 0 saturated carbocycles. The van der Waals surface area contributed by atoms with Crippen molar-refractivity contribution in [1.29, 1.82) is 0 Å². The van der Waals surface area contributed by atoms with Gasteiger partial charge in [0.2, 0.25) is 0 Å². The van der Waals surface area contributed by atoms with Crippen molar-refractivity contribution in [3.8, 4) is 34.1 Å². The van der Waals surface area contributed by atoms with E-state index in [1.165, 1.54) is 61.3 Å². The van der Waals surface area contributed by atoms with Crippen molar-refractivity contribution in [3.05, 3.63) is 213 Å². The number of aryl methyl sites for hydroxylation is 4. The Hall–Kier alpha value is -6.62. The van der Waals surface area contributed by atoms with Gasteiger partial charge < -0.3 is 0 Å². The molecule has 0 fully saturated rings. The zero-order valence-electron chi connectivity index (χ0n) is 35.9. The van der Waals surface area contributed by atoms with Gasteiger partial charge in [0.25, 0.3) is 0 Å². The Kier molecular flexibility index (Phi) is 9.73. The van der Waals surface area contributed by atoms with Gasteiger partial charge in [-0.15, -0.1) is 0 Å². The number of fused-ring (bicyclic) bond motifs is 3. The molecule has 10 aromatic rings. The molecule has 6 nitrogen and oxygen atoms in total. The summed E-state index contributed by atoms with van der Waals surface area (Å²) in [7, 11) is 0. The van der Waals surface area contributed by atoms with Crippen LogP contribution in [0.25, 0.3) is 50.0 Å². The molecule has 0 N–H and O–H groups in total. The van der Waals surface area contributed by atoms with Gasteiger partial charge in [0.15, 0.2) is 0 Å². The zero-order valence-corrected chi connectivity index (χ0v) is 38.1. The molecule has 14 rings (SSSR count). The third-order valence-electron chi connectivity index (χ3n) is 13.5. The first-order valence-electron chi connectivity index (χ1n) is 21.8. The van der Waals surface area contributed by atoms with Crippen LogP contribution in [0.1, 0.15) is 58.5 Å². The Morgan fingerprint density at radius 2 is 1.32 bits per heavy atom. The molecule has 7 heterocycles. The third-order valence-corrected chi connectivity index (χ3v) is 14.6. The van der Waals surface area contributed by atoms with Crippen LogP contribution < -0.4 is 4.74 Å². The van der Waals surface area contributed by atoms with Crippen molar-refractivity contribution in [3.63, 3.8) is 0 Å². The van der Waals surface area contributed by atoms with Gasteiger partial charge in [-0.3, -0.25) is 0 Å². The van der Waals surface area contributed by atoms with Crippen LogP contribution in [0.4, 0.5) is 0 Å². The van der Waals surface area contributed by atoms with Gasteiger partial charge in [0.1, 0.15) is 0 Å². The molecule has 7 heteroatoms. The number of benzene rings is 5. The Morgan fingerprint density at radius 3 is 2.11 bits per heavy atom. The van der Waals surface area contributed by atoms with E-state index in [9.17, 15) is 0 Å². The third kappa shape index (κ3) is 6.89. The van der Waals surface area contributed by atoms with E-state index in [1.807, 2.05) is 12.4 Å². The number of aromatic nitrogens is 5. The maximum atomic E-state index is 6.75. The maximum absolute atomic E-state index is 6.75. The van der Waals surface area contributed by atoms with Crippen molar-refractivity contribution in [2.75, 3.05) is 0 Å². The van der Waals surface area contributed by atoms with Crippen LogP contribution in [0.5, 0.6) is 11.5 Å². The number of nitrogens with zero attached hydrogens (tertiary/aromatic N) is 5. The summed E-state index contributed by atoms with van der Waals surface area (Å²) in [6, 6.07) is 50.3. The molecule has 0 unspecified atom stereocenters. The van der Waals surface area contributed by atoms with Crippen LogP contribution in [0.3, 0.4) is 0 Å². The second-order valence-electron chi connectivity index (χ2n) is 17.4. The fourth-order valence-electron chi connectivity index (χ4n) is 9.67. The van der Waals surface area contributed by atoms with E-state index < -0.39 is 0 Å². The SMILES string of the molecule is Cc1c2ccc(c1C)CCc1ccc(c3cn(-c4cncc(Oc5ccc6c7cc(-c8ccccc8)ccc7n(-c7cc(C(C)(C)c8ccccc8)ccn7)c6c5)c4)[c](=[Pt])n13)CC2. The van der Waals surface area contributed by atoms with Gasteiger partial charge in [-0.25, -0.2) is 0 Å². The fourth-order valence-corrected chi connectivity index (χ4v) is 10.7. The summed E-state index contributed by atoms with van der Waals surface area (Å²) in [4.78, 5) is 9.75. The predicted molar refractivity (Wildman–Crippen MR) is 251 cm³/mol. The van der Waals surface area contributed by atoms with E-state index in [1.54, 1.807) is 6.20 Å². The Bertz CT molecular complexity index is 3450. The minimum atomic E-state index is -0.228. The number of rotatable bonds is 7. The van der Waals surface area contributed by atoms with Crippen LogP contribution in [0.15, 0.2) is 164 Å². The summed E-state index contributed by atoms with van der Waals surface area (Å²) in [5, 5.41) is 2.29. The summed E-state index contributed by atoms with van der Waals surface area (Å²) in [6.45, 7) is 9.13. The van der Waals surface area contributed by atoms with Crippen LogP contribution in [0, 0.1) is 17.7 Å². The second kappa shape index (κ2) is 15.6. The van der Waals surface area contributed by atoms with Crippen molar-refractivity contribution in [2.45, 2.75) is 58.8 Å². The average Bonchev–Trinajstić information content (AvgIpc) is 3.83. The van der Waals surface area contributed by atoms with E-state index >= 15 is 0 Å². The van der Waals surface area contributed by atoms with E-state index in [4.69, 9.17) is 14.7 Å². The van der Waals surface area contributed by atoms with E-state index in [0.717, 1.165) is 68.5 Å². The molecule has 0 spiro atoms. The molecule has 5 aromatic heterocycles. The predicted octanol–water partition coefficient (Wildman–Crippen LogP) is 13.0. The van der Waals surface area contributed by atoms with Crippen LogP contribution in [-0.4, -0.2) is 23.5 Å². The Morgan fingerprint density at radius 1 is 0.587 bits per heavy atom. The number of ether oxygens (including phenoxy) is 1. The molecular weight excluding hydrogens is 954 g/mol. The summed E-state index contributed by atoms with van der Waals surface area (Å²) in [6.07, 6.45) is 11.9. The van der Waals surface area contributed by atoms with Gasteiger partial charge in [-0.1, -0.05) is 80.6 Å². The molecule has 0 amide bonds. The molecule has 5 aromatic carbocycles. The Balaban J connectivity index is 0.991. The number of pyridine rings is 3. The first kappa shape index (κ1) is 39.2. The molecule has 2 aliphatic heterocycles. The molecule has 312 valence electrons. The number of imidazole rings is 1. The Labute approximate surface area is 378 Å². The van der Waals surface area contributed by atoms with Gasteiger partial charge in [-0.2, -0.15) is 0 Å². The average molecular weight is 1000 g/mol. The van der Waals surface area contributed by atoms with Crippen LogP contribution in [0.2, 0.25) is 0 Å².